The Hall–Kier alpha value is -0.810. The number of aryl methyl sites for hydroxylation is 1. The molecule has 2 saturated carbocycles. The van der Waals surface area contributed by atoms with Gasteiger partial charge in [-0.25, -0.2) is 0 Å². The van der Waals surface area contributed by atoms with Gasteiger partial charge in [-0.15, -0.1) is 0 Å². The zero-order valence-electron chi connectivity index (χ0n) is 19.2. The number of fused-ring (bicyclic) bond motifs is 2. The minimum atomic E-state index is -0.316. The average molecular weight is 435 g/mol. The van der Waals surface area contributed by atoms with Gasteiger partial charge in [0.05, 0.1) is 12.2 Å². The third-order valence-electron chi connectivity index (χ3n) is 8.84. The Kier molecular flexibility index (Phi) is 6.43. The quantitative estimate of drug-likeness (QED) is 0.671. The first kappa shape index (κ1) is 22.4. The molecule has 168 valence electrons. The molecular weight excluding hydrogens is 396 g/mol. The zero-order chi connectivity index (χ0) is 21.5. The van der Waals surface area contributed by atoms with E-state index in [-0.39, 0.29) is 6.10 Å². The van der Waals surface area contributed by atoms with E-state index in [1.54, 1.807) is 0 Å². The Morgan fingerprint density at radius 2 is 1.93 bits per heavy atom. The molecule has 4 nitrogen and oxygen atoms in total. The second kappa shape index (κ2) is 8.61. The van der Waals surface area contributed by atoms with Crippen molar-refractivity contribution in [3.63, 3.8) is 0 Å². The van der Waals surface area contributed by atoms with Gasteiger partial charge in [0.1, 0.15) is 0 Å². The third-order valence-corrected chi connectivity index (χ3v) is 9.07. The molecule has 0 amide bonds. The van der Waals surface area contributed by atoms with E-state index in [2.05, 4.69) is 49.6 Å². The summed E-state index contributed by atoms with van der Waals surface area (Å²) >= 11 is 6.19. The van der Waals surface area contributed by atoms with Gasteiger partial charge in [-0.05, 0) is 67.1 Å². The van der Waals surface area contributed by atoms with Crippen molar-refractivity contribution in [3.8, 4) is 0 Å². The van der Waals surface area contributed by atoms with Crippen LogP contribution >= 0.6 is 11.6 Å². The number of anilines is 1. The number of piperazine rings is 1. The summed E-state index contributed by atoms with van der Waals surface area (Å²) < 4.78 is 6.34. The molecule has 5 heteroatoms. The predicted molar refractivity (Wildman–Crippen MR) is 124 cm³/mol. The second-order valence-electron chi connectivity index (χ2n) is 10.6. The summed E-state index contributed by atoms with van der Waals surface area (Å²) in [6, 6.07) is 6.11. The van der Waals surface area contributed by atoms with E-state index in [0.29, 0.717) is 23.5 Å². The third kappa shape index (κ3) is 4.13. The molecule has 0 aromatic heterocycles. The molecule has 30 heavy (non-hydrogen) atoms. The van der Waals surface area contributed by atoms with E-state index in [1.165, 1.54) is 30.5 Å². The summed E-state index contributed by atoms with van der Waals surface area (Å²) in [5.41, 5.74) is 3.19. The van der Waals surface area contributed by atoms with Crippen LogP contribution in [0.5, 0.6) is 0 Å². The highest BCUT2D eigenvalue weighted by atomic mass is 35.5. The van der Waals surface area contributed by atoms with Crippen LogP contribution in [0.1, 0.15) is 52.0 Å². The van der Waals surface area contributed by atoms with Crippen molar-refractivity contribution in [1.29, 1.82) is 0 Å². The Bertz CT molecular complexity index is 747. The smallest absolute Gasteiger partial charge is 0.0689 e. The molecule has 0 unspecified atom stereocenters. The van der Waals surface area contributed by atoms with Gasteiger partial charge in [0.2, 0.25) is 0 Å². The molecule has 4 atom stereocenters. The molecule has 1 aromatic rings. The Morgan fingerprint density at radius 1 is 1.20 bits per heavy atom. The molecule has 0 spiro atoms. The van der Waals surface area contributed by atoms with Crippen LogP contribution in [-0.2, 0) is 4.74 Å². The van der Waals surface area contributed by atoms with Crippen LogP contribution in [0.4, 0.5) is 5.69 Å². The zero-order valence-corrected chi connectivity index (χ0v) is 19.9. The molecule has 2 aliphatic carbocycles. The number of benzene rings is 1. The molecule has 2 bridgehead atoms. The van der Waals surface area contributed by atoms with Crippen molar-refractivity contribution in [2.45, 2.75) is 65.6 Å². The molecule has 4 rings (SSSR count). The minimum absolute atomic E-state index is 0.303. The van der Waals surface area contributed by atoms with Crippen molar-refractivity contribution in [2.75, 3.05) is 44.2 Å². The number of nitrogens with zero attached hydrogens (tertiary/aromatic N) is 2. The number of hydrogen-bond donors (Lipinski definition) is 1. The number of halogens is 1. The maximum atomic E-state index is 10.6. The Balaban J connectivity index is 1.19. The van der Waals surface area contributed by atoms with E-state index >= 15 is 0 Å². The van der Waals surface area contributed by atoms with Crippen LogP contribution in [0, 0.1) is 23.7 Å². The highest BCUT2D eigenvalue weighted by Crippen LogP contribution is 2.66. The number of rotatable bonds is 7. The van der Waals surface area contributed by atoms with Crippen molar-refractivity contribution in [2.24, 2.45) is 16.7 Å². The molecule has 3 aliphatic rings. The van der Waals surface area contributed by atoms with Crippen LogP contribution in [0.2, 0.25) is 5.02 Å². The molecule has 0 radical (unpaired) electrons. The highest BCUT2D eigenvalue weighted by molar-refractivity contribution is 6.30. The number of ether oxygens (including phenoxy) is 1. The van der Waals surface area contributed by atoms with E-state index in [0.717, 1.165) is 50.1 Å². The summed E-state index contributed by atoms with van der Waals surface area (Å²) in [5.74, 6) is 0.803. The summed E-state index contributed by atoms with van der Waals surface area (Å²) in [6.07, 6.45) is 4.61. The molecule has 3 fully saturated rings. The first-order valence-electron chi connectivity index (χ1n) is 11.7. The molecule has 1 aromatic carbocycles. The molecule has 1 heterocycles. The number of hydrogen-bond acceptors (Lipinski definition) is 4. The lowest BCUT2D eigenvalue weighted by Gasteiger charge is -2.39. The number of β-amino-alcohol motifs (C(OH)–C–C–N with tert-alkyl or cyclic N) is 1. The molecule has 1 aliphatic heterocycles. The van der Waals surface area contributed by atoms with Crippen LogP contribution in [0.15, 0.2) is 18.2 Å². The van der Waals surface area contributed by atoms with Crippen LogP contribution in [0.25, 0.3) is 0 Å². The maximum Gasteiger partial charge on any atom is 0.0689 e. The van der Waals surface area contributed by atoms with E-state index < -0.39 is 0 Å². The van der Waals surface area contributed by atoms with Gasteiger partial charge in [-0.1, -0.05) is 38.4 Å². The highest BCUT2D eigenvalue weighted by Gasteiger charge is 2.61. The van der Waals surface area contributed by atoms with Gasteiger partial charge in [0.15, 0.2) is 0 Å². The van der Waals surface area contributed by atoms with Gasteiger partial charge < -0.3 is 14.7 Å². The maximum absolute atomic E-state index is 10.6. The topological polar surface area (TPSA) is 35.9 Å². The lowest BCUT2D eigenvalue weighted by atomic mass is 9.70. The van der Waals surface area contributed by atoms with Gasteiger partial charge in [0, 0.05) is 50.0 Å². The summed E-state index contributed by atoms with van der Waals surface area (Å²) in [4.78, 5) is 4.79. The summed E-state index contributed by atoms with van der Waals surface area (Å²) in [6.45, 7) is 14.7. The fourth-order valence-corrected chi connectivity index (χ4v) is 6.38. The van der Waals surface area contributed by atoms with E-state index in [4.69, 9.17) is 16.3 Å². The van der Waals surface area contributed by atoms with E-state index in [9.17, 15) is 5.11 Å². The average Bonchev–Trinajstić information content (AvgIpc) is 3.04. The van der Waals surface area contributed by atoms with Crippen molar-refractivity contribution < 1.29 is 9.84 Å². The normalized spacial score (nSPS) is 32.0. The van der Waals surface area contributed by atoms with Gasteiger partial charge >= 0.3 is 0 Å². The number of aliphatic hydroxyl groups excluding tert-OH is 1. The van der Waals surface area contributed by atoms with Gasteiger partial charge in [0.25, 0.3) is 0 Å². The van der Waals surface area contributed by atoms with Gasteiger partial charge in [-0.2, -0.15) is 0 Å². The van der Waals surface area contributed by atoms with Crippen LogP contribution < -0.4 is 4.90 Å². The van der Waals surface area contributed by atoms with Crippen molar-refractivity contribution in [1.82, 2.24) is 4.90 Å². The minimum Gasteiger partial charge on any atom is -0.392 e. The summed E-state index contributed by atoms with van der Waals surface area (Å²) in [5, 5.41) is 11.4. The lowest BCUT2D eigenvalue weighted by Crippen LogP contribution is -2.49. The molecule has 1 N–H and O–H groups in total. The van der Waals surface area contributed by atoms with E-state index in [1.807, 2.05) is 6.07 Å². The monoisotopic (exact) mass is 434 g/mol. The van der Waals surface area contributed by atoms with Crippen LogP contribution in [0.3, 0.4) is 0 Å². The van der Waals surface area contributed by atoms with Crippen molar-refractivity contribution in [3.05, 3.63) is 28.8 Å². The first-order valence-corrected chi connectivity index (χ1v) is 12.1. The lowest BCUT2D eigenvalue weighted by molar-refractivity contribution is -0.0564. The second-order valence-corrected chi connectivity index (χ2v) is 11.1. The first-order chi connectivity index (χ1) is 14.2. The molecule has 1 saturated heterocycles. The Labute approximate surface area is 187 Å². The molecular formula is C25H39ClN2O2. The predicted octanol–water partition coefficient (Wildman–Crippen LogP) is 4.75. The number of aliphatic hydroxyl groups is 1. The largest absolute Gasteiger partial charge is 0.392 e. The SMILES string of the molecule is Cc1ccc(Cl)cc1N1CCN(C[C@H](O)CCO[C@@H]2C[C@@H]3CC[C@]2(C)C3(C)C)CC1. The standard InChI is InChI=1S/C25H39ClN2O2/c1-18-5-6-20(26)16-22(18)28-12-10-27(11-13-28)17-21(29)8-14-30-23-15-19-7-9-25(23,4)24(19,2)3/h5-6,16,19,21,23,29H,7-15,17H2,1-4H3/t19-,21+,23+,25-/m0/s1. The fourth-order valence-electron chi connectivity index (χ4n) is 6.21. The van der Waals surface area contributed by atoms with Crippen LogP contribution in [-0.4, -0.2) is 61.5 Å². The fraction of sp³-hybridized carbons (Fsp3) is 0.760. The Morgan fingerprint density at radius 3 is 2.57 bits per heavy atom. The van der Waals surface area contributed by atoms with Crippen molar-refractivity contribution >= 4 is 17.3 Å². The van der Waals surface area contributed by atoms with Gasteiger partial charge in [-0.3, -0.25) is 4.90 Å². The summed E-state index contributed by atoms with van der Waals surface area (Å²) in [7, 11) is 0.